The molecule has 0 aliphatic carbocycles. The molecule has 0 bridgehead atoms. The number of halogens is 3. The van der Waals surface area contributed by atoms with E-state index in [4.69, 9.17) is 34.8 Å². The third-order valence-electron chi connectivity index (χ3n) is 3.06. The maximum absolute atomic E-state index is 11.8. The van der Waals surface area contributed by atoms with Crippen LogP contribution in [0.3, 0.4) is 0 Å². The van der Waals surface area contributed by atoms with Crippen molar-refractivity contribution in [2.75, 3.05) is 6.54 Å². The van der Waals surface area contributed by atoms with Gasteiger partial charge in [-0.3, -0.25) is 14.2 Å². The Morgan fingerprint density at radius 1 is 1.23 bits per heavy atom. The molecule has 2 heterocycles. The lowest BCUT2D eigenvalue weighted by Crippen LogP contribution is -2.29. The number of carbonyl (C=O) groups is 1. The van der Waals surface area contributed by atoms with Crippen LogP contribution in [0.1, 0.15) is 17.8 Å². The van der Waals surface area contributed by atoms with E-state index in [-0.39, 0.29) is 12.5 Å². The molecule has 0 radical (unpaired) electrons. The van der Waals surface area contributed by atoms with Crippen LogP contribution in [0.25, 0.3) is 0 Å². The Kier molecular flexibility index (Phi) is 5.72. The van der Waals surface area contributed by atoms with Gasteiger partial charge in [-0.15, -0.1) is 0 Å². The van der Waals surface area contributed by atoms with Gasteiger partial charge in [-0.1, -0.05) is 34.8 Å². The van der Waals surface area contributed by atoms with Crippen molar-refractivity contribution in [2.45, 2.75) is 33.4 Å². The SMILES string of the molecule is Cc1nn(CC(=O)NCCCn2nc(C)c(Cl)c2Cl)cc1Cl. The Morgan fingerprint density at radius 3 is 2.50 bits per heavy atom. The summed E-state index contributed by atoms with van der Waals surface area (Å²) in [6.07, 6.45) is 2.33. The lowest BCUT2D eigenvalue weighted by atomic mass is 10.4. The summed E-state index contributed by atoms with van der Waals surface area (Å²) in [7, 11) is 0. The number of hydrogen-bond acceptors (Lipinski definition) is 3. The fraction of sp³-hybridized carbons (Fsp3) is 0.462. The second kappa shape index (κ2) is 7.35. The highest BCUT2D eigenvalue weighted by molar-refractivity contribution is 6.41. The highest BCUT2D eigenvalue weighted by Crippen LogP contribution is 2.24. The first-order chi connectivity index (χ1) is 10.4. The lowest BCUT2D eigenvalue weighted by Gasteiger charge is -2.06. The van der Waals surface area contributed by atoms with Crippen LogP contribution in [-0.4, -0.2) is 32.0 Å². The molecular formula is C13H16Cl3N5O. The van der Waals surface area contributed by atoms with Gasteiger partial charge in [-0.05, 0) is 20.3 Å². The zero-order valence-corrected chi connectivity index (χ0v) is 14.5. The van der Waals surface area contributed by atoms with Gasteiger partial charge >= 0.3 is 0 Å². The standard InChI is InChI=1S/C13H16Cl3N5O/c1-8-10(14)6-20(18-8)7-11(22)17-4-3-5-21-13(16)12(15)9(2)19-21/h6H,3-5,7H2,1-2H3,(H,17,22). The number of nitrogens with zero attached hydrogens (tertiary/aromatic N) is 4. The Morgan fingerprint density at radius 2 is 1.95 bits per heavy atom. The van der Waals surface area contributed by atoms with E-state index in [0.717, 1.165) is 0 Å². The molecule has 0 aromatic carbocycles. The van der Waals surface area contributed by atoms with Crippen molar-refractivity contribution >= 4 is 40.7 Å². The summed E-state index contributed by atoms with van der Waals surface area (Å²) in [5.74, 6) is -0.125. The van der Waals surface area contributed by atoms with Gasteiger partial charge in [0, 0.05) is 19.3 Å². The van der Waals surface area contributed by atoms with Gasteiger partial charge < -0.3 is 5.32 Å². The van der Waals surface area contributed by atoms with Crippen LogP contribution in [0.15, 0.2) is 6.20 Å². The molecule has 6 nitrogen and oxygen atoms in total. The van der Waals surface area contributed by atoms with Crippen molar-refractivity contribution in [3.05, 3.63) is 32.8 Å². The Balaban J connectivity index is 1.74. The van der Waals surface area contributed by atoms with Gasteiger partial charge in [0.15, 0.2) is 0 Å². The van der Waals surface area contributed by atoms with Crippen LogP contribution in [0.4, 0.5) is 0 Å². The Hall–Kier alpha value is -1.24. The van der Waals surface area contributed by atoms with Crippen LogP contribution < -0.4 is 5.32 Å². The molecule has 1 amide bonds. The number of nitrogens with one attached hydrogen (secondary N) is 1. The first-order valence-electron chi connectivity index (χ1n) is 6.73. The van der Waals surface area contributed by atoms with Gasteiger partial charge in [-0.25, -0.2) is 0 Å². The van der Waals surface area contributed by atoms with Crippen LogP contribution in [0, 0.1) is 13.8 Å². The van der Waals surface area contributed by atoms with E-state index in [0.29, 0.717) is 46.1 Å². The summed E-state index contributed by atoms with van der Waals surface area (Å²) in [4.78, 5) is 11.8. The van der Waals surface area contributed by atoms with Crippen molar-refractivity contribution in [1.29, 1.82) is 0 Å². The van der Waals surface area contributed by atoms with Gasteiger partial charge in [0.2, 0.25) is 5.91 Å². The minimum atomic E-state index is -0.125. The van der Waals surface area contributed by atoms with Gasteiger partial charge in [0.1, 0.15) is 16.7 Å². The Bertz CT molecular complexity index is 660. The molecule has 0 saturated carbocycles. The number of carbonyl (C=O) groups excluding carboxylic acids is 1. The van der Waals surface area contributed by atoms with Crippen molar-refractivity contribution in [3.8, 4) is 0 Å². The van der Waals surface area contributed by atoms with E-state index in [2.05, 4.69) is 15.5 Å². The number of aromatic nitrogens is 4. The zero-order valence-electron chi connectivity index (χ0n) is 12.2. The van der Waals surface area contributed by atoms with Crippen LogP contribution in [0.5, 0.6) is 0 Å². The normalized spacial score (nSPS) is 11.0. The molecule has 0 unspecified atom stereocenters. The third-order valence-corrected chi connectivity index (χ3v) is 4.36. The summed E-state index contributed by atoms with van der Waals surface area (Å²) in [6.45, 7) is 4.82. The predicted octanol–water partition coefficient (Wildman–Crippen LogP) is 2.86. The molecule has 2 aromatic rings. The van der Waals surface area contributed by atoms with Gasteiger partial charge in [0.05, 0.1) is 16.4 Å². The average Bonchev–Trinajstić information content (AvgIpc) is 2.89. The van der Waals surface area contributed by atoms with Gasteiger partial charge in [0.25, 0.3) is 0 Å². The number of amides is 1. The molecule has 120 valence electrons. The first kappa shape index (κ1) is 17.1. The van der Waals surface area contributed by atoms with E-state index in [1.54, 1.807) is 24.7 Å². The molecule has 9 heteroatoms. The minimum Gasteiger partial charge on any atom is -0.354 e. The fourth-order valence-electron chi connectivity index (χ4n) is 1.91. The number of rotatable bonds is 6. The highest BCUT2D eigenvalue weighted by atomic mass is 35.5. The summed E-state index contributed by atoms with van der Waals surface area (Å²) >= 11 is 17.9. The van der Waals surface area contributed by atoms with Crippen molar-refractivity contribution in [3.63, 3.8) is 0 Å². The molecule has 0 fully saturated rings. The molecule has 0 atom stereocenters. The lowest BCUT2D eigenvalue weighted by molar-refractivity contribution is -0.121. The predicted molar refractivity (Wildman–Crippen MR) is 86.6 cm³/mol. The number of aryl methyl sites for hydroxylation is 3. The zero-order chi connectivity index (χ0) is 16.3. The maximum Gasteiger partial charge on any atom is 0.241 e. The van der Waals surface area contributed by atoms with E-state index in [9.17, 15) is 4.79 Å². The van der Waals surface area contributed by atoms with Crippen molar-refractivity contribution in [1.82, 2.24) is 24.9 Å². The summed E-state index contributed by atoms with van der Waals surface area (Å²) in [5, 5.41) is 12.6. The monoisotopic (exact) mass is 363 g/mol. The Labute approximate surface area is 143 Å². The van der Waals surface area contributed by atoms with Gasteiger partial charge in [-0.2, -0.15) is 10.2 Å². The van der Waals surface area contributed by atoms with Crippen LogP contribution in [-0.2, 0) is 17.9 Å². The molecule has 22 heavy (non-hydrogen) atoms. The van der Waals surface area contributed by atoms with Crippen molar-refractivity contribution in [2.24, 2.45) is 0 Å². The molecule has 2 aromatic heterocycles. The number of hydrogen-bond donors (Lipinski definition) is 1. The molecule has 0 aliphatic rings. The molecule has 0 aliphatic heterocycles. The summed E-state index contributed by atoms with van der Waals surface area (Å²) < 4.78 is 3.14. The summed E-state index contributed by atoms with van der Waals surface area (Å²) in [6, 6.07) is 0. The average molecular weight is 365 g/mol. The maximum atomic E-state index is 11.8. The van der Waals surface area contributed by atoms with E-state index in [1.165, 1.54) is 4.68 Å². The van der Waals surface area contributed by atoms with E-state index in [1.807, 2.05) is 0 Å². The summed E-state index contributed by atoms with van der Waals surface area (Å²) in [5.41, 5.74) is 1.40. The molecule has 0 saturated heterocycles. The smallest absolute Gasteiger partial charge is 0.241 e. The highest BCUT2D eigenvalue weighted by Gasteiger charge is 2.11. The van der Waals surface area contributed by atoms with E-state index >= 15 is 0 Å². The quantitative estimate of drug-likeness (QED) is 0.802. The largest absolute Gasteiger partial charge is 0.354 e. The fourth-order valence-corrected chi connectivity index (χ4v) is 2.46. The third kappa shape index (κ3) is 4.15. The van der Waals surface area contributed by atoms with Crippen LogP contribution >= 0.6 is 34.8 Å². The van der Waals surface area contributed by atoms with E-state index < -0.39 is 0 Å². The molecule has 0 spiro atoms. The van der Waals surface area contributed by atoms with Crippen LogP contribution in [0.2, 0.25) is 15.2 Å². The second-order valence-corrected chi connectivity index (χ2v) is 6.02. The molecular weight excluding hydrogens is 349 g/mol. The topological polar surface area (TPSA) is 64.7 Å². The molecule has 2 rings (SSSR count). The minimum absolute atomic E-state index is 0.125. The van der Waals surface area contributed by atoms with Crippen molar-refractivity contribution < 1.29 is 4.79 Å². The first-order valence-corrected chi connectivity index (χ1v) is 7.86. The second-order valence-electron chi connectivity index (χ2n) is 4.88. The molecule has 1 N–H and O–H groups in total.